The monoisotopic (exact) mass is 1380 g/mol. The van der Waals surface area contributed by atoms with Crippen molar-refractivity contribution in [3.63, 3.8) is 0 Å². The molecule has 24 nitrogen and oxygen atoms in total. The highest BCUT2D eigenvalue weighted by Crippen LogP contribution is 2.56. The maximum absolute atomic E-state index is 13.9. The summed E-state index contributed by atoms with van der Waals surface area (Å²) in [5.41, 5.74) is 0. The Kier molecular flexibility index (Phi) is 22.5. The topological polar surface area (TPSA) is 316 Å². The fourth-order valence-electron chi connectivity index (χ4n) is 7.11. The first-order chi connectivity index (χ1) is 40.1. The fourth-order valence-corrected chi connectivity index (χ4v) is 22.6. The van der Waals surface area contributed by atoms with Crippen LogP contribution >= 0.6 is 141 Å². The summed E-state index contributed by atoms with van der Waals surface area (Å²) in [6.45, 7) is 0. The SMILES string of the molecule is COC(=O)C1=C(C(=O)OC)SC(=c2c(=C3SC(C(=O)OC)=C(C(=O)OC)S3)c(=C3SC(C(=O)OC)=C(C(=O)OC)S3)c(=C3SC(C(=O)OC)=C(C(=O)OC)S3)c(=C3SC(C(=O)OC)=C(C(=O)OC)S3)c2=C2SC(C(=O)OC)=C(C(=O)OC)S2)S1. The molecular formula is C48H36O24S12. The second kappa shape index (κ2) is 28.5. The van der Waals surface area contributed by atoms with Gasteiger partial charge in [0.15, 0.2) is 0 Å². The molecule has 0 N–H and O–H groups in total. The Hall–Kier alpha value is -5.28. The highest BCUT2D eigenvalue weighted by molar-refractivity contribution is 8.39. The van der Waals surface area contributed by atoms with Crippen LogP contribution in [0.3, 0.4) is 0 Å². The van der Waals surface area contributed by atoms with Crippen LogP contribution < -0.4 is 31.3 Å². The van der Waals surface area contributed by atoms with Gasteiger partial charge in [0.25, 0.3) is 0 Å². The fraction of sp³-hybridized carbons (Fsp3) is 0.250. The molecule has 0 aromatic heterocycles. The zero-order chi connectivity index (χ0) is 61.8. The van der Waals surface area contributed by atoms with Crippen LogP contribution in [0.5, 0.6) is 0 Å². The highest BCUT2D eigenvalue weighted by Gasteiger charge is 2.43. The van der Waals surface area contributed by atoms with Crippen molar-refractivity contribution in [3.05, 3.63) is 90.2 Å². The average Bonchev–Trinajstić information content (AvgIpc) is 1.55. The molecule has 0 spiro atoms. The molecule has 84 heavy (non-hydrogen) atoms. The quantitative estimate of drug-likeness (QED) is 0.214. The first-order valence-electron chi connectivity index (χ1n) is 22.2. The molecule has 0 amide bonds. The van der Waals surface area contributed by atoms with Gasteiger partial charge in [0.05, 0.1) is 111 Å². The van der Waals surface area contributed by atoms with E-state index in [0.717, 1.165) is 85.3 Å². The van der Waals surface area contributed by atoms with Crippen LogP contribution in [0.15, 0.2) is 58.9 Å². The van der Waals surface area contributed by atoms with E-state index >= 15 is 0 Å². The molecule has 0 bridgehead atoms. The van der Waals surface area contributed by atoms with Crippen LogP contribution in [0.4, 0.5) is 0 Å². The van der Waals surface area contributed by atoms with E-state index in [1.807, 2.05) is 0 Å². The van der Waals surface area contributed by atoms with Gasteiger partial charge in [-0.1, -0.05) is 141 Å². The largest absolute Gasteiger partial charge is 0.465 e. The van der Waals surface area contributed by atoms with Gasteiger partial charge in [0.2, 0.25) is 0 Å². The molecule has 6 aliphatic heterocycles. The number of methoxy groups -OCH3 is 12. The Morgan fingerprint density at radius 3 is 0.298 bits per heavy atom. The first-order valence-corrected chi connectivity index (χ1v) is 32.0. The lowest BCUT2D eigenvalue weighted by Gasteiger charge is -2.14. The maximum Gasteiger partial charge on any atom is 0.346 e. The van der Waals surface area contributed by atoms with Crippen molar-refractivity contribution in [2.45, 2.75) is 0 Å². The Morgan fingerprint density at radius 1 is 0.167 bits per heavy atom. The Labute approximate surface area is 523 Å². The third kappa shape index (κ3) is 12.6. The molecule has 0 unspecified atom stereocenters. The van der Waals surface area contributed by atoms with E-state index < -0.39 is 71.6 Å². The molecule has 0 saturated carbocycles. The summed E-state index contributed by atoms with van der Waals surface area (Å²) in [6.07, 6.45) is 0. The second-order valence-corrected chi connectivity index (χ2v) is 28.8. The van der Waals surface area contributed by atoms with Gasteiger partial charge in [-0.25, -0.2) is 57.5 Å². The van der Waals surface area contributed by atoms with Crippen molar-refractivity contribution in [3.8, 4) is 0 Å². The lowest BCUT2D eigenvalue weighted by atomic mass is 10.1. The minimum Gasteiger partial charge on any atom is -0.465 e. The summed E-state index contributed by atoms with van der Waals surface area (Å²) in [4.78, 5) is 163. The molecular weight excluding hydrogens is 1350 g/mol. The van der Waals surface area contributed by atoms with Crippen LogP contribution in [0, 0.1) is 0 Å². The van der Waals surface area contributed by atoms with Crippen molar-refractivity contribution in [1.82, 2.24) is 0 Å². The van der Waals surface area contributed by atoms with Gasteiger partial charge >= 0.3 is 71.6 Å². The van der Waals surface area contributed by atoms with E-state index in [0.29, 0.717) is 141 Å². The van der Waals surface area contributed by atoms with E-state index in [1.165, 1.54) is 0 Å². The second-order valence-electron chi connectivity index (χ2n) is 15.0. The summed E-state index contributed by atoms with van der Waals surface area (Å²) in [6, 6.07) is 0. The van der Waals surface area contributed by atoms with Crippen molar-refractivity contribution in [1.29, 1.82) is 0 Å². The third-order valence-electron chi connectivity index (χ3n) is 10.7. The van der Waals surface area contributed by atoms with Gasteiger partial charge in [0, 0.05) is 31.3 Å². The summed E-state index contributed by atoms with van der Waals surface area (Å²) >= 11 is 7.77. The standard InChI is InChI=1S/C48H36O24S12/c1-61-31(49)19-20(32(50)62-2)74-43(73-19)13-14(44-75-21(33(51)63-3)22(76-44)34(52)64-4)16(46-79-25(37(55)67-7)26(80-46)38(56)68-8)18(48-83-29(41(59)71-11)30(84-48)42(60)72-12)17(47-81-27(39(57)69-9)28(82-47)40(58)70-10)15(13)45-77-23(35(53)65-5)24(78-45)36(54)66-6/h1-12H3. The number of carbonyl (C=O) groups is 12. The molecule has 6 heterocycles. The normalized spacial score (nSPS) is 16.9. The van der Waals surface area contributed by atoms with Crippen molar-refractivity contribution in [2.24, 2.45) is 0 Å². The zero-order valence-electron chi connectivity index (χ0n) is 44.7. The van der Waals surface area contributed by atoms with E-state index in [1.54, 1.807) is 0 Å². The van der Waals surface area contributed by atoms with Gasteiger partial charge < -0.3 is 56.8 Å². The van der Waals surface area contributed by atoms with Gasteiger partial charge in [-0.3, -0.25) is 0 Å². The van der Waals surface area contributed by atoms with E-state index in [-0.39, 0.29) is 116 Å². The molecule has 6 aliphatic rings. The van der Waals surface area contributed by atoms with Crippen molar-refractivity contribution >= 4 is 238 Å². The summed E-state index contributed by atoms with van der Waals surface area (Å²) < 4.78 is 61.8. The van der Waals surface area contributed by atoms with Crippen molar-refractivity contribution < 1.29 is 114 Å². The lowest BCUT2D eigenvalue weighted by molar-refractivity contribution is -0.138. The lowest BCUT2D eigenvalue weighted by Crippen LogP contribution is -2.67. The molecule has 0 saturated heterocycles. The average molecular weight is 1380 g/mol. The summed E-state index contributed by atoms with van der Waals surface area (Å²) in [5, 5.41) is -0.681. The van der Waals surface area contributed by atoms with Crippen LogP contribution in [0.2, 0.25) is 0 Å². The minimum atomic E-state index is -1.05. The number of esters is 12. The molecule has 0 atom stereocenters. The smallest absolute Gasteiger partial charge is 0.346 e. The maximum atomic E-state index is 13.9. The molecule has 1 aromatic carbocycles. The van der Waals surface area contributed by atoms with E-state index in [4.69, 9.17) is 56.8 Å². The number of hydrogen-bond donors (Lipinski definition) is 0. The number of thioether (sulfide) groups is 12. The van der Waals surface area contributed by atoms with Gasteiger partial charge in [-0.15, -0.1) is 0 Å². The van der Waals surface area contributed by atoms with Crippen molar-refractivity contribution in [2.75, 3.05) is 85.3 Å². The first kappa shape index (κ1) is 66.2. The Morgan fingerprint density at radius 2 is 0.238 bits per heavy atom. The third-order valence-corrected chi connectivity index (χ3v) is 26.1. The number of carbonyl (C=O) groups excluding carboxylic acids is 12. The van der Waals surface area contributed by atoms with Crippen LogP contribution in [0.1, 0.15) is 0 Å². The molecule has 444 valence electrons. The molecule has 1 aromatic rings. The number of rotatable bonds is 12. The molecule has 0 fully saturated rings. The molecule has 0 aliphatic carbocycles. The Balaban J connectivity index is 2.03. The zero-order valence-corrected chi connectivity index (χ0v) is 54.5. The minimum absolute atomic E-state index is 0.0410. The summed E-state index contributed by atoms with van der Waals surface area (Å²) in [5.74, 6) is -12.6. The summed E-state index contributed by atoms with van der Waals surface area (Å²) in [7, 11) is 12.5. The molecule has 7 rings (SSSR count). The Bertz CT molecular complexity index is 3040. The molecule has 0 radical (unpaired) electrons. The number of hydrogen-bond acceptors (Lipinski definition) is 36. The van der Waals surface area contributed by atoms with Crippen LogP contribution in [-0.4, -0.2) is 157 Å². The van der Waals surface area contributed by atoms with Gasteiger partial charge in [0.1, 0.15) is 58.9 Å². The van der Waals surface area contributed by atoms with Crippen LogP contribution in [0.25, 0.3) is 25.4 Å². The molecule has 36 heteroatoms. The highest BCUT2D eigenvalue weighted by atomic mass is 32.2. The van der Waals surface area contributed by atoms with E-state index in [9.17, 15) is 57.5 Å². The predicted molar refractivity (Wildman–Crippen MR) is 322 cm³/mol. The van der Waals surface area contributed by atoms with E-state index in [2.05, 4.69) is 0 Å². The predicted octanol–water partition coefficient (Wildman–Crippen LogP) is 2.31. The number of benzene rings is 1. The van der Waals surface area contributed by atoms with Gasteiger partial charge in [-0.2, -0.15) is 0 Å². The van der Waals surface area contributed by atoms with Crippen LogP contribution in [-0.2, 0) is 114 Å². The number of ether oxygens (including phenoxy) is 12. The van der Waals surface area contributed by atoms with Gasteiger partial charge in [-0.05, 0) is 0 Å².